The van der Waals surface area contributed by atoms with Crippen molar-refractivity contribution in [1.82, 2.24) is 0 Å². The first-order valence-electron chi connectivity index (χ1n) is 5.32. The highest BCUT2D eigenvalue weighted by molar-refractivity contribution is 5.66. The molecule has 0 aromatic heterocycles. The van der Waals surface area contributed by atoms with Crippen molar-refractivity contribution in [2.45, 2.75) is 39.2 Å². The highest BCUT2D eigenvalue weighted by Crippen LogP contribution is 2.80. The van der Waals surface area contributed by atoms with Crippen molar-refractivity contribution in [1.29, 1.82) is 0 Å². The fourth-order valence-electron chi connectivity index (χ4n) is 4.31. The van der Waals surface area contributed by atoms with Crippen molar-refractivity contribution in [3.63, 3.8) is 0 Å². The van der Waals surface area contributed by atoms with Crippen LogP contribution in [0, 0.1) is 23.2 Å². The van der Waals surface area contributed by atoms with E-state index in [4.69, 9.17) is 4.74 Å². The van der Waals surface area contributed by atoms with Crippen molar-refractivity contribution in [2.75, 3.05) is 0 Å². The van der Waals surface area contributed by atoms with Gasteiger partial charge < -0.3 is 4.74 Å². The molecule has 3 unspecified atom stereocenters. The van der Waals surface area contributed by atoms with E-state index in [0.29, 0.717) is 5.41 Å². The van der Waals surface area contributed by atoms with Gasteiger partial charge in [-0.05, 0) is 43.9 Å². The molecule has 0 N–H and O–H groups in total. The molecule has 0 heterocycles. The molecule has 13 heavy (non-hydrogen) atoms. The van der Waals surface area contributed by atoms with Crippen LogP contribution >= 0.6 is 0 Å². The van der Waals surface area contributed by atoms with Gasteiger partial charge in [-0.1, -0.05) is 0 Å². The minimum atomic E-state index is -0.114. The largest absolute Gasteiger partial charge is 0.462 e. The highest BCUT2D eigenvalue weighted by atomic mass is 16.5. The van der Waals surface area contributed by atoms with Crippen LogP contribution in [0.25, 0.3) is 0 Å². The molecule has 4 rings (SSSR count). The third kappa shape index (κ3) is 0.773. The van der Waals surface area contributed by atoms with E-state index in [1.165, 1.54) is 26.2 Å². The van der Waals surface area contributed by atoms with Gasteiger partial charge in [0, 0.05) is 12.3 Å². The molecule has 0 aromatic rings. The number of hydrogen-bond acceptors (Lipinski definition) is 2. The number of hydrogen-bond donors (Lipinski definition) is 0. The van der Waals surface area contributed by atoms with Gasteiger partial charge in [-0.3, -0.25) is 4.79 Å². The molecule has 3 atom stereocenters. The first-order chi connectivity index (χ1) is 6.14. The Morgan fingerprint density at radius 3 is 2.46 bits per heavy atom. The van der Waals surface area contributed by atoms with Crippen LogP contribution in [0.5, 0.6) is 0 Å². The van der Waals surface area contributed by atoms with Gasteiger partial charge in [0.1, 0.15) is 6.10 Å². The van der Waals surface area contributed by atoms with E-state index >= 15 is 0 Å². The zero-order valence-electron chi connectivity index (χ0n) is 8.25. The fourth-order valence-corrected chi connectivity index (χ4v) is 4.31. The molecule has 0 saturated heterocycles. The Balaban J connectivity index is 1.77. The van der Waals surface area contributed by atoms with Crippen LogP contribution in [0.4, 0.5) is 0 Å². The third-order valence-corrected chi connectivity index (χ3v) is 4.67. The van der Waals surface area contributed by atoms with Crippen LogP contribution in [0.3, 0.4) is 0 Å². The van der Waals surface area contributed by atoms with Crippen LogP contribution in [-0.4, -0.2) is 12.1 Å². The van der Waals surface area contributed by atoms with E-state index < -0.39 is 0 Å². The highest BCUT2D eigenvalue weighted by Gasteiger charge is 2.76. The summed E-state index contributed by atoms with van der Waals surface area (Å²) >= 11 is 0. The minimum Gasteiger partial charge on any atom is -0.462 e. The smallest absolute Gasteiger partial charge is 0.302 e. The van der Waals surface area contributed by atoms with Gasteiger partial charge in [-0.25, -0.2) is 0 Å². The molecule has 2 heteroatoms. The lowest BCUT2D eigenvalue weighted by atomic mass is 9.97. The normalized spacial score (nSPS) is 52.0. The van der Waals surface area contributed by atoms with Gasteiger partial charge in [0.15, 0.2) is 0 Å². The zero-order valence-corrected chi connectivity index (χ0v) is 8.25. The average molecular weight is 180 g/mol. The number of esters is 1. The molecule has 4 saturated carbocycles. The summed E-state index contributed by atoms with van der Waals surface area (Å²) in [4.78, 5) is 10.9. The summed E-state index contributed by atoms with van der Waals surface area (Å²) < 4.78 is 5.34. The van der Waals surface area contributed by atoms with Crippen LogP contribution < -0.4 is 0 Å². The number of carbonyl (C=O) groups is 1. The van der Waals surface area contributed by atoms with Crippen LogP contribution in [0.2, 0.25) is 0 Å². The van der Waals surface area contributed by atoms with E-state index in [2.05, 4.69) is 6.92 Å². The molecule has 4 fully saturated rings. The van der Waals surface area contributed by atoms with Gasteiger partial charge in [-0.15, -0.1) is 0 Å². The maximum atomic E-state index is 10.9. The second kappa shape index (κ2) is 2.10. The molecule has 0 aliphatic heterocycles. The van der Waals surface area contributed by atoms with Crippen molar-refractivity contribution < 1.29 is 9.53 Å². The minimum absolute atomic E-state index is 0.114. The van der Waals surface area contributed by atoms with Gasteiger partial charge in [0.2, 0.25) is 0 Å². The maximum Gasteiger partial charge on any atom is 0.302 e. The lowest BCUT2D eigenvalue weighted by molar-refractivity contribution is -0.149. The van der Waals surface area contributed by atoms with Crippen molar-refractivity contribution in [2.24, 2.45) is 23.2 Å². The van der Waals surface area contributed by atoms with Crippen molar-refractivity contribution >= 4 is 5.97 Å². The second-order valence-electron chi connectivity index (χ2n) is 5.12. The SMILES string of the molecule is CC(=O)OC(C)C12CC3CC1C2C3. The summed E-state index contributed by atoms with van der Waals surface area (Å²) in [7, 11) is 0. The average Bonchev–Trinajstić information content (AvgIpc) is 2.50. The molecule has 0 amide bonds. The predicted molar refractivity (Wildman–Crippen MR) is 48.0 cm³/mol. The summed E-state index contributed by atoms with van der Waals surface area (Å²) in [5.41, 5.74) is 0.441. The molecule has 2 nitrogen and oxygen atoms in total. The summed E-state index contributed by atoms with van der Waals surface area (Å²) in [5.74, 6) is 2.67. The first-order valence-corrected chi connectivity index (χ1v) is 5.32. The molecule has 72 valence electrons. The zero-order chi connectivity index (χ0) is 9.22. The molecule has 0 radical (unpaired) electrons. The number of rotatable bonds is 2. The summed E-state index contributed by atoms with van der Waals surface area (Å²) in [6.45, 7) is 3.60. The number of carbonyl (C=O) groups excluding carboxylic acids is 1. The Kier molecular flexibility index (Phi) is 1.27. The third-order valence-electron chi connectivity index (χ3n) is 4.67. The molecule has 4 aliphatic carbocycles. The van der Waals surface area contributed by atoms with E-state index in [1.54, 1.807) is 0 Å². The Morgan fingerprint density at radius 2 is 2.08 bits per heavy atom. The molecule has 4 bridgehead atoms. The molecule has 0 aromatic carbocycles. The van der Waals surface area contributed by atoms with E-state index in [0.717, 1.165) is 17.8 Å². The predicted octanol–water partition coefficient (Wildman–Crippen LogP) is 1.98. The van der Waals surface area contributed by atoms with Crippen LogP contribution in [0.15, 0.2) is 0 Å². The van der Waals surface area contributed by atoms with E-state index in [1.807, 2.05) is 0 Å². The first kappa shape index (κ1) is 7.84. The topological polar surface area (TPSA) is 26.3 Å². The van der Waals surface area contributed by atoms with Gasteiger partial charge in [-0.2, -0.15) is 0 Å². The van der Waals surface area contributed by atoms with Crippen molar-refractivity contribution in [3.05, 3.63) is 0 Å². The lowest BCUT2D eigenvalue weighted by Crippen LogP contribution is -2.24. The molecule has 0 spiro atoms. The van der Waals surface area contributed by atoms with Crippen LogP contribution in [-0.2, 0) is 9.53 Å². The fraction of sp³-hybridized carbons (Fsp3) is 0.909. The van der Waals surface area contributed by atoms with E-state index in [-0.39, 0.29) is 12.1 Å². The Hall–Kier alpha value is -0.530. The van der Waals surface area contributed by atoms with Gasteiger partial charge in [0.05, 0.1) is 0 Å². The summed E-state index contributed by atoms with van der Waals surface area (Å²) in [5, 5.41) is 0. The summed E-state index contributed by atoms with van der Waals surface area (Å²) in [6, 6.07) is 0. The molecule has 4 aliphatic rings. The Morgan fingerprint density at radius 1 is 1.46 bits per heavy atom. The van der Waals surface area contributed by atoms with E-state index in [9.17, 15) is 4.79 Å². The monoisotopic (exact) mass is 180 g/mol. The Labute approximate surface area is 78.6 Å². The van der Waals surface area contributed by atoms with Gasteiger partial charge in [0.25, 0.3) is 0 Å². The molecular formula is C11H16O2. The second-order valence-corrected chi connectivity index (χ2v) is 5.12. The van der Waals surface area contributed by atoms with Crippen LogP contribution in [0.1, 0.15) is 33.1 Å². The quantitative estimate of drug-likeness (QED) is 0.607. The lowest BCUT2D eigenvalue weighted by Gasteiger charge is -2.20. The standard InChI is InChI=1S/C11H16O2/c1-6(13-7(2)12)11-5-8-3-9(11)10(11)4-8/h6,8-10H,3-5H2,1-2H3. The Bertz CT molecular complexity index is 259. The van der Waals surface area contributed by atoms with Gasteiger partial charge >= 0.3 is 5.97 Å². The van der Waals surface area contributed by atoms with Crippen molar-refractivity contribution in [3.8, 4) is 0 Å². The maximum absolute atomic E-state index is 10.9. The number of ether oxygens (including phenoxy) is 1. The molecular weight excluding hydrogens is 164 g/mol. The summed E-state index contributed by atoms with van der Waals surface area (Å²) in [6.07, 6.45) is 4.33.